The number of fused-ring (bicyclic) bond motifs is 1. The molecule has 0 fully saturated rings. The number of hydrogen-bond donors (Lipinski definition) is 1. The Morgan fingerprint density at radius 2 is 1.91 bits per heavy atom. The molecule has 0 radical (unpaired) electrons. The number of anilines is 2. The van der Waals surface area contributed by atoms with Gasteiger partial charge in [-0.25, -0.2) is 13.2 Å². The van der Waals surface area contributed by atoms with Crippen LogP contribution in [0, 0.1) is 6.92 Å². The molecule has 2 atom stereocenters. The second-order valence-electron chi connectivity index (χ2n) is 7.96. The highest BCUT2D eigenvalue weighted by molar-refractivity contribution is 7.92. The molecule has 0 saturated carbocycles. The molecule has 33 heavy (non-hydrogen) atoms. The van der Waals surface area contributed by atoms with Gasteiger partial charge in [0, 0.05) is 17.7 Å². The Kier molecular flexibility index (Phi) is 5.94. The van der Waals surface area contributed by atoms with Crippen LogP contribution in [0.2, 0.25) is 0 Å². The summed E-state index contributed by atoms with van der Waals surface area (Å²) in [6.07, 6.45) is 0.396. The van der Waals surface area contributed by atoms with Crippen molar-refractivity contribution in [3.05, 3.63) is 77.0 Å². The fourth-order valence-corrected chi connectivity index (χ4v) is 5.19. The summed E-state index contributed by atoms with van der Waals surface area (Å²) in [6, 6.07) is 14.6. The van der Waals surface area contributed by atoms with Crippen molar-refractivity contribution >= 4 is 33.4 Å². The number of amides is 1. The maximum atomic E-state index is 13.0. The van der Waals surface area contributed by atoms with Gasteiger partial charge in [-0.1, -0.05) is 35.5 Å². The van der Waals surface area contributed by atoms with Gasteiger partial charge in [0.15, 0.2) is 5.82 Å². The van der Waals surface area contributed by atoms with Crippen LogP contribution in [0.4, 0.5) is 11.5 Å². The maximum absolute atomic E-state index is 13.0. The zero-order valence-electron chi connectivity index (χ0n) is 18.3. The smallest absolute Gasteiger partial charge is 0.339 e. The van der Waals surface area contributed by atoms with Crippen LogP contribution >= 0.6 is 0 Å². The summed E-state index contributed by atoms with van der Waals surface area (Å²) in [7, 11) is -3.44. The molecular formula is C23H23N3O6S. The molecule has 0 bridgehead atoms. The zero-order valence-corrected chi connectivity index (χ0v) is 19.1. The summed E-state index contributed by atoms with van der Waals surface area (Å²) in [4.78, 5) is 25.9. The standard InChI is InChI=1S/C23H23N3O6S/c1-14-11-18-13-17(9-10-19(18)26(14)33(3,29)30)23(28)31-21(16-7-5-4-6-8-16)22(27)24-20-12-15(2)32-25-20/h4-10,12-14,21H,11H2,1-3H3,(H,24,25,27)/t14-,21-/m0/s1. The van der Waals surface area contributed by atoms with Crippen molar-refractivity contribution in [1.82, 2.24) is 5.16 Å². The summed E-state index contributed by atoms with van der Waals surface area (Å²) in [5.41, 5.74) is 1.98. The number of rotatable bonds is 6. The molecule has 0 saturated heterocycles. The van der Waals surface area contributed by atoms with Crippen LogP contribution in [0.25, 0.3) is 0 Å². The molecular weight excluding hydrogens is 446 g/mol. The third-order valence-corrected chi connectivity index (χ3v) is 6.54. The lowest BCUT2D eigenvalue weighted by Gasteiger charge is -2.22. The number of esters is 1. The van der Waals surface area contributed by atoms with E-state index in [0.717, 1.165) is 11.8 Å². The van der Waals surface area contributed by atoms with Crippen molar-refractivity contribution in [3.63, 3.8) is 0 Å². The number of sulfonamides is 1. The minimum absolute atomic E-state index is 0.210. The van der Waals surface area contributed by atoms with E-state index < -0.39 is 28.0 Å². The molecule has 1 aliphatic rings. The molecule has 0 spiro atoms. The fraction of sp³-hybridized carbons (Fsp3) is 0.261. The van der Waals surface area contributed by atoms with Gasteiger partial charge in [-0.3, -0.25) is 9.10 Å². The monoisotopic (exact) mass is 469 g/mol. The fourth-order valence-electron chi connectivity index (χ4n) is 3.93. The Balaban J connectivity index is 1.59. The molecule has 1 aliphatic heterocycles. The van der Waals surface area contributed by atoms with Crippen LogP contribution in [0.1, 0.15) is 40.3 Å². The molecule has 1 aromatic heterocycles. The zero-order chi connectivity index (χ0) is 23.8. The predicted octanol–water partition coefficient (Wildman–Crippen LogP) is 3.23. The Bertz CT molecular complexity index is 1300. The maximum Gasteiger partial charge on any atom is 0.339 e. The number of benzene rings is 2. The summed E-state index contributed by atoms with van der Waals surface area (Å²) in [6.45, 7) is 3.50. The van der Waals surface area contributed by atoms with E-state index in [0.29, 0.717) is 23.4 Å². The third-order valence-electron chi connectivity index (χ3n) is 5.27. The first-order valence-electron chi connectivity index (χ1n) is 10.3. The largest absolute Gasteiger partial charge is 0.444 e. The molecule has 172 valence electrons. The van der Waals surface area contributed by atoms with Gasteiger partial charge >= 0.3 is 5.97 Å². The van der Waals surface area contributed by atoms with Gasteiger partial charge < -0.3 is 14.6 Å². The van der Waals surface area contributed by atoms with Crippen molar-refractivity contribution in [3.8, 4) is 0 Å². The molecule has 1 N–H and O–H groups in total. The number of ether oxygens (including phenoxy) is 1. The van der Waals surface area contributed by atoms with E-state index >= 15 is 0 Å². The van der Waals surface area contributed by atoms with Crippen LogP contribution in [-0.4, -0.2) is 37.7 Å². The topological polar surface area (TPSA) is 119 Å². The number of nitrogens with one attached hydrogen (secondary N) is 1. The van der Waals surface area contributed by atoms with E-state index in [1.165, 1.54) is 10.4 Å². The number of nitrogens with zero attached hydrogens (tertiary/aromatic N) is 2. The quantitative estimate of drug-likeness (QED) is 0.551. The number of carbonyl (C=O) groups excluding carboxylic acids is 2. The predicted molar refractivity (Wildman–Crippen MR) is 121 cm³/mol. The van der Waals surface area contributed by atoms with E-state index in [1.807, 2.05) is 0 Å². The first-order chi connectivity index (χ1) is 15.6. The van der Waals surface area contributed by atoms with Gasteiger partial charge in [0.25, 0.3) is 5.91 Å². The normalized spacial score (nSPS) is 16.2. The third kappa shape index (κ3) is 4.75. The molecule has 1 amide bonds. The molecule has 2 aromatic carbocycles. The van der Waals surface area contributed by atoms with Gasteiger partial charge in [-0.2, -0.15) is 0 Å². The van der Waals surface area contributed by atoms with Crippen molar-refractivity contribution in [2.45, 2.75) is 32.4 Å². The van der Waals surface area contributed by atoms with E-state index in [2.05, 4.69) is 10.5 Å². The van der Waals surface area contributed by atoms with Gasteiger partial charge in [-0.05, 0) is 44.0 Å². The Morgan fingerprint density at radius 1 is 1.18 bits per heavy atom. The van der Waals surface area contributed by atoms with Gasteiger partial charge in [0.1, 0.15) is 5.76 Å². The molecule has 2 heterocycles. The lowest BCUT2D eigenvalue weighted by molar-refractivity contribution is -0.125. The Morgan fingerprint density at radius 3 is 2.55 bits per heavy atom. The first-order valence-corrected chi connectivity index (χ1v) is 12.1. The minimum Gasteiger partial charge on any atom is -0.444 e. The van der Waals surface area contributed by atoms with Crippen LogP contribution in [0.5, 0.6) is 0 Å². The molecule has 4 rings (SSSR count). The highest BCUT2D eigenvalue weighted by Crippen LogP contribution is 2.35. The molecule has 0 aliphatic carbocycles. The first kappa shape index (κ1) is 22.5. The van der Waals surface area contributed by atoms with Crippen LogP contribution in [0.15, 0.2) is 59.1 Å². The van der Waals surface area contributed by atoms with E-state index in [9.17, 15) is 18.0 Å². The van der Waals surface area contributed by atoms with E-state index in [4.69, 9.17) is 9.26 Å². The molecule has 10 heteroatoms. The Labute approximate surface area is 191 Å². The molecule has 9 nitrogen and oxygen atoms in total. The number of aryl methyl sites for hydroxylation is 1. The van der Waals surface area contributed by atoms with Crippen molar-refractivity contribution < 1.29 is 27.3 Å². The number of hydrogen-bond acceptors (Lipinski definition) is 7. The van der Waals surface area contributed by atoms with E-state index in [-0.39, 0.29) is 17.4 Å². The van der Waals surface area contributed by atoms with Crippen molar-refractivity contribution in [2.24, 2.45) is 0 Å². The van der Waals surface area contributed by atoms with Crippen LogP contribution < -0.4 is 9.62 Å². The van der Waals surface area contributed by atoms with Crippen LogP contribution in [-0.2, 0) is 26.0 Å². The van der Waals surface area contributed by atoms with Crippen molar-refractivity contribution in [1.29, 1.82) is 0 Å². The highest BCUT2D eigenvalue weighted by Gasteiger charge is 2.33. The summed E-state index contributed by atoms with van der Waals surface area (Å²) < 4.78 is 36.2. The van der Waals surface area contributed by atoms with Crippen molar-refractivity contribution in [2.75, 3.05) is 15.9 Å². The van der Waals surface area contributed by atoms with E-state index in [1.54, 1.807) is 62.4 Å². The minimum atomic E-state index is -3.44. The molecule has 0 unspecified atom stereocenters. The Hall–Kier alpha value is -3.66. The number of carbonyl (C=O) groups is 2. The van der Waals surface area contributed by atoms with Gasteiger partial charge in [0.05, 0.1) is 17.5 Å². The summed E-state index contributed by atoms with van der Waals surface area (Å²) in [5, 5.41) is 6.33. The lowest BCUT2D eigenvalue weighted by Crippen LogP contribution is -2.34. The number of aromatic nitrogens is 1. The highest BCUT2D eigenvalue weighted by atomic mass is 32.2. The average molecular weight is 470 g/mol. The summed E-state index contributed by atoms with van der Waals surface area (Å²) in [5.74, 6) is -0.555. The second-order valence-corrected chi connectivity index (χ2v) is 9.82. The molecule has 3 aromatic rings. The second kappa shape index (κ2) is 8.70. The average Bonchev–Trinajstić information content (AvgIpc) is 3.32. The van der Waals surface area contributed by atoms with Gasteiger partial charge in [0.2, 0.25) is 16.1 Å². The SMILES string of the molecule is Cc1cc(NC(=O)[C@@H](OC(=O)c2ccc3c(c2)C[C@H](C)N3S(C)(=O)=O)c2ccccc2)no1. The summed E-state index contributed by atoms with van der Waals surface area (Å²) >= 11 is 0. The van der Waals surface area contributed by atoms with Crippen LogP contribution in [0.3, 0.4) is 0 Å². The van der Waals surface area contributed by atoms with Gasteiger partial charge in [-0.15, -0.1) is 0 Å². The lowest BCUT2D eigenvalue weighted by atomic mass is 10.1.